The molecule has 21 heavy (non-hydrogen) atoms. The average Bonchev–Trinajstić information content (AvgIpc) is 2.90. The lowest BCUT2D eigenvalue weighted by molar-refractivity contribution is -0.121. The van der Waals surface area contributed by atoms with Gasteiger partial charge < -0.3 is 5.32 Å². The molecule has 1 aromatic carbocycles. The number of rotatable bonds is 5. The first-order valence-electron chi connectivity index (χ1n) is 7.94. The molecule has 1 aromatic rings. The first-order chi connectivity index (χ1) is 10.3. The van der Waals surface area contributed by atoms with E-state index < -0.39 is 0 Å². The predicted molar refractivity (Wildman–Crippen MR) is 84.4 cm³/mol. The summed E-state index contributed by atoms with van der Waals surface area (Å²) in [6.45, 7) is 4.41. The van der Waals surface area contributed by atoms with E-state index in [0.29, 0.717) is 6.42 Å². The number of fused-ring (bicyclic) bond motifs is 1. The summed E-state index contributed by atoms with van der Waals surface area (Å²) in [6, 6.07) is 6.66. The molecule has 1 aliphatic heterocycles. The Morgan fingerprint density at radius 3 is 2.90 bits per heavy atom. The Kier molecular flexibility index (Phi) is 4.34. The van der Waals surface area contributed by atoms with Crippen LogP contribution in [0.3, 0.4) is 0 Å². The Hall–Kier alpha value is -1.68. The number of benzene rings is 1. The number of carbonyl (C=O) groups is 1. The third kappa shape index (κ3) is 3.32. The molecule has 0 bridgehead atoms. The molecule has 0 saturated heterocycles. The molecule has 1 heterocycles. The molecule has 2 aliphatic rings. The van der Waals surface area contributed by atoms with Gasteiger partial charge in [-0.1, -0.05) is 19.1 Å². The fourth-order valence-corrected chi connectivity index (χ4v) is 3.20. The van der Waals surface area contributed by atoms with Gasteiger partial charge in [0.25, 0.3) is 0 Å². The van der Waals surface area contributed by atoms with Gasteiger partial charge in [0.2, 0.25) is 5.91 Å². The third-order valence-corrected chi connectivity index (χ3v) is 4.32. The highest BCUT2D eigenvalue weighted by atomic mass is 16.2. The number of hydrogen-bond acceptors (Lipinski definition) is 3. The molecule has 2 N–H and O–H groups in total. The number of amides is 1. The molecule has 0 saturated carbocycles. The van der Waals surface area contributed by atoms with E-state index in [9.17, 15) is 4.79 Å². The van der Waals surface area contributed by atoms with Crippen LogP contribution in [0.1, 0.15) is 42.9 Å². The summed E-state index contributed by atoms with van der Waals surface area (Å²) in [5, 5.41) is 7.71. The highest BCUT2D eigenvalue weighted by Gasteiger charge is 2.22. The topological polar surface area (TPSA) is 53.5 Å². The van der Waals surface area contributed by atoms with Crippen LogP contribution < -0.4 is 10.7 Å². The minimum absolute atomic E-state index is 0.0157. The quantitative estimate of drug-likeness (QED) is 0.813. The number of nitrogens with zero attached hydrogens (tertiary/aromatic N) is 1. The molecule has 1 atom stereocenters. The lowest BCUT2D eigenvalue weighted by Gasteiger charge is -2.13. The van der Waals surface area contributed by atoms with Gasteiger partial charge in [-0.25, -0.2) is 5.43 Å². The van der Waals surface area contributed by atoms with Crippen LogP contribution in [-0.4, -0.2) is 24.7 Å². The van der Waals surface area contributed by atoms with Gasteiger partial charge in [-0.05, 0) is 61.0 Å². The molecule has 0 spiro atoms. The van der Waals surface area contributed by atoms with Crippen molar-refractivity contribution in [2.75, 3.05) is 13.1 Å². The van der Waals surface area contributed by atoms with Crippen molar-refractivity contribution < 1.29 is 4.79 Å². The zero-order valence-corrected chi connectivity index (χ0v) is 12.6. The maximum atomic E-state index is 11.2. The summed E-state index contributed by atoms with van der Waals surface area (Å²) in [6.07, 6.45) is 4.80. The minimum atomic E-state index is 0.0157. The molecule has 0 radical (unpaired) electrons. The second kappa shape index (κ2) is 6.39. The molecule has 1 unspecified atom stereocenters. The van der Waals surface area contributed by atoms with Gasteiger partial charge in [0, 0.05) is 12.8 Å². The van der Waals surface area contributed by atoms with Crippen molar-refractivity contribution in [2.45, 2.75) is 39.0 Å². The fraction of sp³-hybridized carbons (Fsp3) is 0.529. The summed E-state index contributed by atoms with van der Waals surface area (Å²) in [5.74, 6) is 0.733. The van der Waals surface area contributed by atoms with Crippen molar-refractivity contribution in [3.8, 4) is 0 Å². The Morgan fingerprint density at radius 1 is 1.29 bits per heavy atom. The van der Waals surface area contributed by atoms with E-state index in [1.54, 1.807) is 0 Å². The number of hydrogen-bond donors (Lipinski definition) is 2. The second-order valence-electron chi connectivity index (χ2n) is 6.06. The van der Waals surface area contributed by atoms with Gasteiger partial charge in [-0.15, -0.1) is 0 Å². The highest BCUT2D eigenvalue weighted by Crippen LogP contribution is 2.28. The van der Waals surface area contributed by atoms with E-state index in [-0.39, 0.29) is 5.91 Å². The summed E-state index contributed by atoms with van der Waals surface area (Å²) < 4.78 is 0. The van der Waals surface area contributed by atoms with Gasteiger partial charge in [0.05, 0.1) is 5.71 Å². The predicted octanol–water partition coefficient (Wildman–Crippen LogP) is 2.02. The lowest BCUT2D eigenvalue weighted by atomic mass is 10.00. The molecule has 4 nitrogen and oxygen atoms in total. The maximum Gasteiger partial charge on any atom is 0.240 e. The first kappa shape index (κ1) is 14.3. The van der Waals surface area contributed by atoms with Crippen LogP contribution >= 0.6 is 0 Å². The number of nitrogens with one attached hydrogen (secondary N) is 2. The minimum Gasteiger partial charge on any atom is -0.316 e. The Labute approximate surface area is 126 Å². The molecule has 4 heteroatoms. The fourth-order valence-electron chi connectivity index (χ4n) is 3.20. The van der Waals surface area contributed by atoms with Crippen molar-refractivity contribution in [1.82, 2.24) is 10.7 Å². The van der Waals surface area contributed by atoms with Crippen LogP contribution in [0.15, 0.2) is 23.3 Å². The number of carbonyl (C=O) groups excluding carboxylic acids is 1. The summed E-state index contributed by atoms with van der Waals surface area (Å²) in [7, 11) is 0. The van der Waals surface area contributed by atoms with Gasteiger partial charge in [0.1, 0.15) is 0 Å². The smallest absolute Gasteiger partial charge is 0.240 e. The number of hydrazone groups is 1. The first-order valence-corrected chi connectivity index (χ1v) is 7.94. The zero-order valence-electron chi connectivity index (χ0n) is 12.6. The van der Waals surface area contributed by atoms with Crippen LogP contribution in [0, 0.1) is 5.92 Å². The van der Waals surface area contributed by atoms with Crippen molar-refractivity contribution in [3.63, 3.8) is 0 Å². The van der Waals surface area contributed by atoms with E-state index in [4.69, 9.17) is 0 Å². The van der Waals surface area contributed by atoms with Crippen LogP contribution in [0.2, 0.25) is 0 Å². The van der Waals surface area contributed by atoms with E-state index in [0.717, 1.165) is 43.1 Å². The van der Waals surface area contributed by atoms with Crippen molar-refractivity contribution in [1.29, 1.82) is 0 Å². The van der Waals surface area contributed by atoms with E-state index in [1.165, 1.54) is 24.0 Å². The lowest BCUT2D eigenvalue weighted by Crippen LogP contribution is -2.25. The SMILES string of the molecule is CCCNCC1Cc2ccc(C3=NNC(=O)CC3)cc2C1. The maximum absolute atomic E-state index is 11.2. The molecule has 112 valence electrons. The molecule has 0 fully saturated rings. The Morgan fingerprint density at radius 2 is 2.14 bits per heavy atom. The third-order valence-electron chi connectivity index (χ3n) is 4.32. The Bertz CT molecular complexity index is 565. The molecular formula is C17H23N3O. The second-order valence-corrected chi connectivity index (χ2v) is 6.06. The molecular weight excluding hydrogens is 262 g/mol. The van der Waals surface area contributed by atoms with Gasteiger partial charge in [0.15, 0.2) is 0 Å². The molecule has 3 rings (SSSR count). The van der Waals surface area contributed by atoms with Crippen LogP contribution in [0.25, 0.3) is 0 Å². The van der Waals surface area contributed by atoms with Gasteiger partial charge >= 0.3 is 0 Å². The van der Waals surface area contributed by atoms with Crippen LogP contribution in [0.5, 0.6) is 0 Å². The summed E-state index contributed by atoms with van der Waals surface area (Å²) in [4.78, 5) is 11.2. The van der Waals surface area contributed by atoms with Crippen molar-refractivity contribution in [3.05, 3.63) is 34.9 Å². The largest absolute Gasteiger partial charge is 0.316 e. The monoisotopic (exact) mass is 285 g/mol. The summed E-state index contributed by atoms with van der Waals surface area (Å²) >= 11 is 0. The molecule has 1 amide bonds. The van der Waals surface area contributed by atoms with Gasteiger partial charge in [-0.2, -0.15) is 5.10 Å². The molecule has 1 aliphatic carbocycles. The normalized spacial score (nSPS) is 20.9. The van der Waals surface area contributed by atoms with E-state index in [1.807, 2.05) is 0 Å². The van der Waals surface area contributed by atoms with Crippen LogP contribution in [-0.2, 0) is 17.6 Å². The zero-order chi connectivity index (χ0) is 14.7. The van der Waals surface area contributed by atoms with E-state index >= 15 is 0 Å². The van der Waals surface area contributed by atoms with Gasteiger partial charge in [-0.3, -0.25) is 4.79 Å². The van der Waals surface area contributed by atoms with Crippen molar-refractivity contribution in [2.24, 2.45) is 11.0 Å². The van der Waals surface area contributed by atoms with E-state index in [2.05, 4.69) is 41.0 Å². The summed E-state index contributed by atoms with van der Waals surface area (Å²) in [5.41, 5.74) is 7.68. The average molecular weight is 285 g/mol. The van der Waals surface area contributed by atoms with Crippen LogP contribution in [0.4, 0.5) is 0 Å². The highest BCUT2D eigenvalue weighted by molar-refractivity contribution is 6.04. The molecule has 0 aromatic heterocycles. The standard InChI is InChI=1S/C17H23N3O/c1-2-7-18-11-12-8-13-3-4-14(10-15(13)9-12)16-5-6-17(21)20-19-16/h3-4,10,12,18H,2,5-9,11H2,1H3,(H,20,21). The Balaban J connectivity index is 1.67. The van der Waals surface area contributed by atoms with Crippen molar-refractivity contribution >= 4 is 11.6 Å².